The molecule has 0 spiro atoms. The fourth-order valence-electron chi connectivity index (χ4n) is 4.87. The van der Waals surface area contributed by atoms with E-state index < -0.39 is 0 Å². The summed E-state index contributed by atoms with van der Waals surface area (Å²) in [5, 5.41) is 13.2. The standard InChI is InChI=1S/C30H25N9/c1-19-17-39(18-35-19)28-7-8-33-30-24(28)11-26(36-30)29-23-10-25(34-16-27(23)37-38-29)22-9-21(14-32-15-22)13-31-12-20-5-3-2-4-6-20/h2-11,14-18,31H,12-13H2,1H3,(H,33,36)(H,37,38). The number of fused-ring (bicyclic) bond motifs is 2. The van der Waals surface area contributed by atoms with Crippen molar-refractivity contribution in [3.05, 3.63) is 109 Å². The molecule has 0 unspecified atom stereocenters. The van der Waals surface area contributed by atoms with Crippen LogP contribution in [0.15, 0.2) is 91.9 Å². The molecule has 6 heterocycles. The number of rotatable bonds is 7. The molecular formula is C30H25N9. The van der Waals surface area contributed by atoms with Crippen LogP contribution in [0.25, 0.3) is 50.3 Å². The Morgan fingerprint density at radius 2 is 1.77 bits per heavy atom. The van der Waals surface area contributed by atoms with Crippen molar-refractivity contribution in [2.75, 3.05) is 0 Å². The maximum Gasteiger partial charge on any atom is 0.139 e. The third-order valence-electron chi connectivity index (χ3n) is 6.79. The van der Waals surface area contributed by atoms with Gasteiger partial charge in [0.2, 0.25) is 0 Å². The maximum atomic E-state index is 4.69. The van der Waals surface area contributed by atoms with E-state index in [-0.39, 0.29) is 0 Å². The second kappa shape index (κ2) is 9.62. The summed E-state index contributed by atoms with van der Waals surface area (Å²) in [6, 6.07) is 18.6. The molecule has 0 aliphatic heterocycles. The van der Waals surface area contributed by atoms with Crippen molar-refractivity contribution < 1.29 is 0 Å². The van der Waals surface area contributed by atoms with Gasteiger partial charge in [0.15, 0.2) is 0 Å². The van der Waals surface area contributed by atoms with E-state index in [0.717, 1.165) is 74.6 Å². The first-order chi connectivity index (χ1) is 19.2. The number of aromatic nitrogens is 8. The predicted molar refractivity (Wildman–Crippen MR) is 151 cm³/mol. The molecule has 0 radical (unpaired) electrons. The third-order valence-corrected chi connectivity index (χ3v) is 6.79. The van der Waals surface area contributed by atoms with Crippen LogP contribution in [0.5, 0.6) is 0 Å². The van der Waals surface area contributed by atoms with Gasteiger partial charge in [-0.15, -0.1) is 0 Å². The molecule has 9 heteroatoms. The molecule has 190 valence electrons. The average Bonchev–Trinajstić information content (AvgIpc) is 3.71. The number of H-pyrrole nitrogens is 2. The van der Waals surface area contributed by atoms with Crippen molar-refractivity contribution in [2.24, 2.45) is 0 Å². The molecule has 0 aliphatic rings. The van der Waals surface area contributed by atoms with Gasteiger partial charge in [-0.25, -0.2) is 9.97 Å². The lowest BCUT2D eigenvalue weighted by molar-refractivity contribution is 0.691. The van der Waals surface area contributed by atoms with Crippen molar-refractivity contribution in [2.45, 2.75) is 20.0 Å². The van der Waals surface area contributed by atoms with Gasteiger partial charge in [-0.1, -0.05) is 30.3 Å². The number of imidazole rings is 1. The van der Waals surface area contributed by atoms with Crippen molar-refractivity contribution in [1.29, 1.82) is 0 Å². The Balaban J connectivity index is 1.20. The van der Waals surface area contributed by atoms with Gasteiger partial charge in [-0.05, 0) is 42.3 Å². The second-order valence-electron chi connectivity index (χ2n) is 9.56. The summed E-state index contributed by atoms with van der Waals surface area (Å²) >= 11 is 0. The van der Waals surface area contributed by atoms with E-state index in [1.54, 1.807) is 6.20 Å². The zero-order valence-corrected chi connectivity index (χ0v) is 21.3. The fourth-order valence-corrected chi connectivity index (χ4v) is 4.87. The highest BCUT2D eigenvalue weighted by Gasteiger charge is 2.15. The molecule has 0 bridgehead atoms. The topological polar surface area (TPSA) is 113 Å². The molecule has 39 heavy (non-hydrogen) atoms. The van der Waals surface area contributed by atoms with Gasteiger partial charge in [0.05, 0.1) is 40.8 Å². The minimum absolute atomic E-state index is 0.718. The zero-order valence-electron chi connectivity index (χ0n) is 21.3. The number of hydrogen-bond acceptors (Lipinski definition) is 6. The summed E-state index contributed by atoms with van der Waals surface area (Å²) in [5.41, 5.74) is 9.45. The number of aryl methyl sites for hydroxylation is 1. The molecule has 0 atom stereocenters. The van der Waals surface area contributed by atoms with E-state index in [1.807, 2.05) is 54.7 Å². The van der Waals surface area contributed by atoms with Gasteiger partial charge in [0.1, 0.15) is 11.3 Å². The van der Waals surface area contributed by atoms with Crippen LogP contribution in [-0.4, -0.2) is 39.7 Å². The SMILES string of the molecule is Cc1cn(-c2ccnc3[nH]c(-c4n[nH]c5cnc(-c6cncc(CNCc7ccccc7)c6)cc45)cc23)cn1. The van der Waals surface area contributed by atoms with Crippen molar-refractivity contribution in [3.8, 4) is 28.3 Å². The molecule has 9 nitrogen and oxygen atoms in total. The first kappa shape index (κ1) is 23.0. The normalized spacial score (nSPS) is 11.5. The molecule has 7 aromatic rings. The molecule has 0 saturated carbocycles. The fraction of sp³-hybridized carbons (Fsp3) is 0.100. The number of pyridine rings is 3. The quantitative estimate of drug-likeness (QED) is 0.266. The van der Waals surface area contributed by atoms with Gasteiger partial charge in [0.25, 0.3) is 0 Å². The van der Waals surface area contributed by atoms with E-state index in [9.17, 15) is 0 Å². The lowest BCUT2D eigenvalue weighted by Gasteiger charge is -2.07. The highest BCUT2D eigenvalue weighted by molar-refractivity contribution is 5.97. The van der Waals surface area contributed by atoms with E-state index >= 15 is 0 Å². The molecule has 0 saturated heterocycles. The molecule has 0 amide bonds. The molecule has 0 aliphatic carbocycles. The van der Waals surface area contributed by atoms with Gasteiger partial charge < -0.3 is 14.9 Å². The zero-order chi connectivity index (χ0) is 26.2. The first-order valence-corrected chi connectivity index (χ1v) is 12.7. The minimum Gasteiger partial charge on any atom is -0.338 e. The highest BCUT2D eigenvalue weighted by atomic mass is 15.1. The summed E-state index contributed by atoms with van der Waals surface area (Å²) in [6.07, 6.45) is 11.2. The number of aromatic amines is 2. The van der Waals surface area contributed by atoms with Gasteiger partial charge >= 0.3 is 0 Å². The Morgan fingerprint density at radius 1 is 0.872 bits per heavy atom. The minimum atomic E-state index is 0.718. The van der Waals surface area contributed by atoms with E-state index in [1.165, 1.54) is 5.56 Å². The summed E-state index contributed by atoms with van der Waals surface area (Å²) in [5.74, 6) is 0. The molecule has 7 rings (SSSR count). The summed E-state index contributed by atoms with van der Waals surface area (Å²) < 4.78 is 2.01. The van der Waals surface area contributed by atoms with Crippen molar-refractivity contribution in [3.63, 3.8) is 0 Å². The summed E-state index contributed by atoms with van der Waals surface area (Å²) in [7, 11) is 0. The van der Waals surface area contributed by atoms with E-state index in [2.05, 4.69) is 82.9 Å². The van der Waals surface area contributed by atoms with Crippen molar-refractivity contribution >= 4 is 21.9 Å². The van der Waals surface area contributed by atoms with Crippen LogP contribution >= 0.6 is 0 Å². The molecule has 1 aromatic carbocycles. The first-order valence-electron chi connectivity index (χ1n) is 12.7. The second-order valence-corrected chi connectivity index (χ2v) is 9.56. The monoisotopic (exact) mass is 511 g/mol. The molecule has 6 aromatic heterocycles. The Labute approximate surface area is 224 Å². The van der Waals surface area contributed by atoms with Gasteiger partial charge in [-0.2, -0.15) is 5.10 Å². The Morgan fingerprint density at radius 3 is 2.64 bits per heavy atom. The Bertz CT molecular complexity index is 1910. The molecular weight excluding hydrogens is 486 g/mol. The van der Waals surface area contributed by atoms with Gasteiger partial charge in [-0.3, -0.25) is 15.1 Å². The predicted octanol–water partition coefficient (Wildman–Crippen LogP) is 5.35. The van der Waals surface area contributed by atoms with Crippen LogP contribution < -0.4 is 5.32 Å². The smallest absolute Gasteiger partial charge is 0.139 e. The van der Waals surface area contributed by atoms with Gasteiger partial charge in [0, 0.05) is 54.2 Å². The van der Waals surface area contributed by atoms with Crippen molar-refractivity contribution in [1.82, 2.24) is 45.0 Å². The van der Waals surface area contributed by atoms with E-state index in [0.29, 0.717) is 0 Å². The molecule has 3 N–H and O–H groups in total. The van der Waals surface area contributed by atoms with E-state index in [4.69, 9.17) is 0 Å². The number of benzene rings is 1. The Kier molecular flexibility index (Phi) is 5.68. The van der Waals surface area contributed by atoms with Crippen LogP contribution in [0.2, 0.25) is 0 Å². The summed E-state index contributed by atoms with van der Waals surface area (Å²) in [4.78, 5) is 21.5. The van der Waals surface area contributed by atoms with Crippen LogP contribution in [0.4, 0.5) is 0 Å². The lowest BCUT2D eigenvalue weighted by Crippen LogP contribution is -2.12. The largest absolute Gasteiger partial charge is 0.338 e. The Hall–Kier alpha value is -5.15. The van der Waals surface area contributed by atoms with Crippen LogP contribution in [0.3, 0.4) is 0 Å². The van der Waals surface area contributed by atoms with Crippen LogP contribution in [0, 0.1) is 6.92 Å². The third kappa shape index (κ3) is 4.45. The van der Waals surface area contributed by atoms with Crippen LogP contribution in [-0.2, 0) is 13.1 Å². The van der Waals surface area contributed by atoms with Crippen LogP contribution in [0.1, 0.15) is 16.8 Å². The number of nitrogens with zero attached hydrogens (tertiary/aromatic N) is 6. The maximum absolute atomic E-state index is 4.69. The molecule has 0 fully saturated rings. The highest BCUT2D eigenvalue weighted by Crippen LogP contribution is 2.32. The lowest BCUT2D eigenvalue weighted by atomic mass is 10.1. The number of nitrogens with one attached hydrogen (secondary N) is 3. The summed E-state index contributed by atoms with van der Waals surface area (Å²) in [6.45, 7) is 3.50. The number of hydrogen-bond donors (Lipinski definition) is 3. The average molecular weight is 512 g/mol.